The highest BCUT2D eigenvalue weighted by molar-refractivity contribution is 6.13. The molecule has 0 unspecified atom stereocenters. The highest BCUT2D eigenvalue weighted by atomic mass is 19.2. The van der Waals surface area contributed by atoms with Crippen LogP contribution < -0.4 is 5.32 Å². The molecule has 0 bridgehead atoms. The van der Waals surface area contributed by atoms with Crippen molar-refractivity contribution in [2.75, 3.05) is 18.4 Å². The van der Waals surface area contributed by atoms with E-state index in [0.717, 1.165) is 25.0 Å². The largest absolute Gasteiger partial charge is 0.342 e. The molecular weight excluding hydrogens is 297 g/mol. The summed E-state index contributed by atoms with van der Waals surface area (Å²) in [6.45, 7) is 1.24. The fraction of sp³-hybridized carbons (Fsp3) is 0.467. The number of carbonyl (C=O) groups is 2. The Bertz CT molecular complexity index is 638. The highest BCUT2D eigenvalue weighted by Gasteiger charge is 2.58. The van der Waals surface area contributed by atoms with Crippen molar-refractivity contribution in [3.05, 3.63) is 29.6 Å². The van der Waals surface area contributed by atoms with E-state index in [-0.39, 0.29) is 5.91 Å². The maximum atomic E-state index is 13.6. The summed E-state index contributed by atoms with van der Waals surface area (Å²) in [5.41, 5.74) is -1.63. The minimum absolute atomic E-state index is 0.259. The lowest BCUT2D eigenvalue weighted by molar-refractivity contribution is -0.141. The van der Waals surface area contributed by atoms with Crippen LogP contribution in [0.2, 0.25) is 0 Å². The summed E-state index contributed by atoms with van der Waals surface area (Å²) in [6.07, 6.45) is 2.58. The molecule has 3 rings (SSSR count). The van der Waals surface area contributed by atoms with Gasteiger partial charge < -0.3 is 10.2 Å². The molecule has 1 aliphatic carbocycles. The van der Waals surface area contributed by atoms with E-state index >= 15 is 0 Å². The molecule has 1 saturated carbocycles. The second-order valence-electron chi connectivity index (χ2n) is 5.76. The Labute approximate surface area is 125 Å². The number of halogens is 3. The Morgan fingerprint density at radius 1 is 1.05 bits per heavy atom. The maximum Gasteiger partial charge on any atom is 0.240 e. The standard InChI is InChI=1S/C15H15F3N2O2/c16-9-3-4-10(12(18)11(9)17)19-13(21)15(5-6-15)14(22)20-7-1-2-8-20/h3-4H,1-2,5-8H2,(H,19,21). The first-order chi connectivity index (χ1) is 10.5. The van der Waals surface area contributed by atoms with Gasteiger partial charge in [0.05, 0.1) is 5.69 Å². The third-order valence-corrected chi connectivity index (χ3v) is 4.27. The molecule has 22 heavy (non-hydrogen) atoms. The monoisotopic (exact) mass is 312 g/mol. The van der Waals surface area contributed by atoms with Crippen LogP contribution in [-0.4, -0.2) is 29.8 Å². The number of likely N-dealkylation sites (tertiary alicyclic amines) is 1. The number of anilines is 1. The Morgan fingerprint density at radius 3 is 2.27 bits per heavy atom. The van der Waals surface area contributed by atoms with E-state index in [9.17, 15) is 22.8 Å². The average molecular weight is 312 g/mol. The summed E-state index contributed by atoms with van der Waals surface area (Å²) in [7, 11) is 0. The predicted octanol–water partition coefficient (Wildman–Crippen LogP) is 2.45. The summed E-state index contributed by atoms with van der Waals surface area (Å²) in [4.78, 5) is 26.3. The highest BCUT2D eigenvalue weighted by Crippen LogP contribution is 2.48. The number of hydrogen-bond acceptors (Lipinski definition) is 2. The lowest BCUT2D eigenvalue weighted by Crippen LogP contribution is -2.41. The summed E-state index contributed by atoms with van der Waals surface area (Å²) >= 11 is 0. The van der Waals surface area contributed by atoms with Gasteiger partial charge in [0, 0.05) is 13.1 Å². The summed E-state index contributed by atoms with van der Waals surface area (Å²) in [5, 5.41) is 2.22. The Hall–Kier alpha value is -2.05. The summed E-state index contributed by atoms with van der Waals surface area (Å²) in [5.74, 6) is -5.35. The molecule has 118 valence electrons. The van der Waals surface area contributed by atoms with Gasteiger partial charge in [-0.3, -0.25) is 9.59 Å². The molecule has 0 radical (unpaired) electrons. The molecule has 1 aromatic rings. The van der Waals surface area contributed by atoms with E-state index in [1.165, 1.54) is 0 Å². The van der Waals surface area contributed by atoms with E-state index < -0.39 is 34.5 Å². The van der Waals surface area contributed by atoms with Crippen LogP contribution in [0.15, 0.2) is 12.1 Å². The molecule has 0 spiro atoms. The molecule has 2 amide bonds. The number of amides is 2. The first-order valence-electron chi connectivity index (χ1n) is 7.20. The van der Waals surface area contributed by atoms with Gasteiger partial charge in [-0.1, -0.05) is 0 Å². The predicted molar refractivity (Wildman–Crippen MR) is 72.4 cm³/mol. The Morgan fingerprint density at radius 2 is 1.68 bits per heavy atom. The van der Waals surface area contributed by atoms with Crippen molar-refractivity contribution < 1.29 is 22.8 Å². The van der Waals surface area contributed by atoms with Gasteiger partial charge in [0.1, 0.15) is 5.41 Å². The van der Waals surface area contributed by atoms with E-state index in [4.69, 9.17) is 0 Å². The SMILES string of the molecule is O=C(Nc1ccc(F)c(F)c1F)C1(C(=O)N2CCCC2)CC1. The van der Waals surface area contributed by atoms with Crippen LogP contribution in [0.25, 0.3) is 0 Å². The Balaban J connectivity index is 1.77. The zero-order valence-corrected chi connectivity index (χ0v) is 11.8. The van der Waals surface area contributed by atoms with Crippen molar-refractivity contribution in [1.29, 1.82) is 0 Å². The third kappa shape index (κ3) is 2.34. The summed E-state index contributed by atoms with van der Waals surface area (Å²) in [6, 6.07) is 1.68. The quantitative estimate of drug-likeness (QED) is 0.688. The van der Waals surface area contributed by atoms with Crippen LogP contribution in [0.4, 0.5) is 18.9 Å². The molecular formula is C15H15F3N2O2. The van der Waals surface area contributed by atoms with E-state index in [1.54, 1.807) is 4.90 Å². The second kappa shape index (κ2) is 5.30. The van der Waals surface area contributed by atoms with E-state index in [0.29, 0.717) is 25.9 Å². The van der Waals surface area contributed by atoms with Gasteiger partial charge in [-0.15, -0.1) is 0 Å². The lowest BCUT2D eigenvalue weighted by atomic mass is 10.0. The molecule has 0 atom stereocenters. The maximum absolute atomic E-state index is 13.6. The molecule has 1 heterocycles. The van der Waals surface area contributed by atoms with Crippen molar-refractivity contribution in [3.63, 3.8) is 0 Å². The lowest BCUT2D eigenvalue weighted by Gasteiger charge is -2.22. The second-order valence-corrected chi connectivity index (χ2v) is 5.76. The fourth-order valence-corrected chi connectivity index (χ4v) is 2.75. The van der Waals surface area contributed by atoms with Gasteiger partial charge in [-0.25, -0.2) is 13.2 Å². The zero-order chi connectivity index (χ0) is 15.9. The fourth-order valence-electron chi connectivity index (χ4n) is 2.75. The number of hydrogen-bond donors (Lipinski definition) is 1. The average Bonchev–Trinajstić information content (AvgIpc) is 3.14. The van der Waals surface area contributed by atoms with Crippen LogP contribution >= 0.6 is 0 Å². The van der Waals surface area contributed by atoms with Crippen molar-refractivity contribution in [3.8, 4) is 0 Å². The van der Waals surface area contributed by atoms with Crippen molar-refractivity contribution in [1.82, 2.24) is 4.90 Å². The molecule has 7 heteroatoms. The molecule has 1 aliphatic heterocycles. The smallest absolute Gasteiger partial charge is 0.240 e. The van der Waals surface area contributed by atoms with Crippen LogP contribution in [0.5, 0.6) is 0 Å². The van der Waals surface area contributed by atoms with Gasteiger partial charge in [0.15, 0.2) is 17.5 Å². The molecule has 4 nitrogen and oxygen atoms in total. The normalized spacial score (nSPS) is 19.1. The van der Waals surface area contributed by atoms with Crippen LogP contribution in [-0.2, 0) is 9.59 Å². The molecule has 1 saturated heterocycles. The minimum Gasteiger partial charge on any atom is -0.342 e. The molecule has 1 N–H and O–H groups in total. The first kappa shape index (κ1) is 14.9. The van der Waals surface area contributed by atoms with E-state index in [1.807, 2.05) is 0 Å². The third-order valence-electron chi connectivity index (χ3n) is 4.27. The van der Waals surface area contributed by atoms with Crippen LogP contribution in [0.3, 0.4) is 0 Å². The number of benzene rings is 1. The van der Waals surface area contributed by atoms with Crippen molar-refractivity contribution in [2.45, 2.75) is 25.7 Å². The number of nitrogens with zero attached hydrogens (tertiary/aromatic N) is 1. The van der Waals surface area contributed by atoms with Gasteiger partial charge in [0.25, 0.3) is 0 Å². The number of carbonyl (C=O) groups excluding carboxylic acids is 2. The van der Waals surface area contributed by atoms with Gasteiger partial charge in [0.2, 0.25) is 11.8 Å². The van der Waals surface area contributed by atoms with E-state index in [2.05, 4.69) is 5.32 Å². The molecule has 0 aromatic heterocycles. The topological polar surface area (TPSA) is 49.4 Å². The van der Waals surface area contributed by atoms with Gasteiger partial charge in [-0.05, 0) is 37.8 Å². The van der Waals surface area contributed by atoms with Crippen LogP contribution in [0.1, 0.15) is 25.7 Å². The Kier molecular flexibility index (Phi) is 3.58. The molecule has 2 aliphatic rings. The summed E-state index contributed by atoms with van der Waals surface area (Å²) < 4.78 is 39.7. The van der Waals surface area contributed by atoms with Crippen molar-refractivity contribution in [2.24, 2.45) is 5.41 Å². The number of rotatable bonds is 3. The first-order valence-corrected chi connectivity index (χ1v) is 7.20. The molecule has 1 aromatic carbocycles. The van der Waals surface area contributed by atoms with Crippen molar-refractivity contribution >= 4 is 17.5 Å². The van der Waals surface area contributed by atoms with Gasteiger partial charge in [-0.2, -0.15) is 0 Å². The van der Waals surface area contributed by atoms with Crippen LogP contribution in [0, 0.1) is 22.9 Å². The molecule has 2 fully saturated rings. The minimum atomic E-state index is -1.64. The van der Waals surface area contributed by atoms with Gasteiger partial charge >= 0.3 is 0 Å². The number of nitrogens with one attached hydrogen (secondary N) is 1. The zero-order valence-electron chi connectivity index (χ0n) is 11.8.